The molecule has 146 valence electrons. The maximum absolute atomic E-state index is 13.0. The van der Waals surface area contributed by atoms with Crippen LogP contribution in [0.25, 0.3) is 6.08 Å². The van der Waals surface area contributed by atoms with E-state index in [2.05, 4.69) is 0 Å². The van der Waals surface area contributed by atoms with E-state index in [1.807, 2.05) is 31.2 Å². The van der Waals surface area contributed by atoms with Gasteiger partial charge in [-0.25, -0.2) is 4.39 Å². The summed E-state index contributed by atoms with van der Waals surface area (Å²) in [5, 5.41) is 0. The van der Waals surface area contributed by atoms with E-state index in [4.69, 9.17) is 14.2 Å². The summed E-state index contributed by atoms with van der Waals surface area (Å²) in [5.74, 6) is 1.62. The van der Waals surface area contributed by atoms with Gasteiger partial charge in [-0.15, -0.1) is 0 Å². The number of carbonyl (C=O) groups is 1. The number of ether oxygens (including phenoxy) is 3. The van der Waals surface area contributed by atoms with Crippen molar-refractivity contribution in [1.82, 2.24) is 0 Å². The number of methoxy groups -OCH3 is 1. The van der Waals surface area contributed by atoms with Crippen LogP contribution >= 0.6 is 0 Å². The van der Waals surface area contributed by atoms with Crippen molar-refractivity contribution >= 4 is 11.9 Å². The summed E-state index contributed by atoms with van der Waals surface area (Å²) in [6.07, 6.45) is 1.70. The van der Waals surface area contributed by atoms with Gasteiger partial charge in [0.15, 0.2) is 5.76 Å². The number of Topliss-reactive ketones (excluding diaryl/α,β-unsaturated/α-hetero) is 1. The summed E-state index contributed by atoms with van der Waals surface area (Å²) < 4.78 is 30.0. The fourth-order valence-corrected chi connectivity index (χ4v) is 3.15. The van der Waals surface area contributed by atoms with E-state index < -0.39 is 0 Å². The van der Waals surface area contributed by atoms with Crippen LogP contribution < -0.4 is 14.2 Å². The molecule has 1 heterocycles. The minimum Gasteiger partial charge on any atom is -0.497 e. The summed E-state index contributed by atoms with van der Waals surface area (Å²) in [7, 11) is 1.59. The van der Waals surface area contributed by atoms with Crippen LogP contribution in [0, 0.1) is 12.7 Å². The third-order valence-electron chi connectivity index (χ3n) is 4.74. The first kappa shape index (κ1) is 18.7. The molecule has 4 nitrogen and oxygen atoms in total. The molecular weight excluding hydrogens is 371 g/mol. The van der Waals surface area contributed by atoms with Crippen molar-refractivity contribution in [2.45, 2.75) is 13.5 Å². The van der Waals surface area contributed by atoms with E-state index in [0.29, 0.717) is 29.4 Å². The van der Waals surface area contributed by atoms with Crippen molar-refractivity contribution in [2.75, 3.05) is 7.11 Å². The Labute approximate surface area is 168 Å². The number of halogens is 1. The monoisotopic (exact) mass is 390 g/mol. The van der Waals surface area contributed by atoms with Gasteiger partial charge in [0.05, 0.1) is 12.7 Å². The third-order valence-corrected chi connectivity index (χ3v) is 4.74. The standard InChI is InChI=1S/C24H19FO4/c1-15-21(28-14-16-6-8-18(25)9-7-16)11-10-20-23(26)22(29-24(15)20)13-17-4-3-5-19(12-17)27-2/h3-13H,14H2,1-2H3/b22-13-. The molecule has 0 amide bonds. The molecule has 0 spiro atoms. The lowest BCUT2D eigenvalue weighted by atomic mass is 10.1. The predicted molar refractivity (Wildman–Crippen MR) is 108 cm³/mol. The fourth-order valence-electron chi connectivity index (χ4n) is 3.15. The molecule has 0 bridgehead atoms. The van der Waals surface area contributed by atoms with Crippen LogP contribution in [0.3, 0.4) is 0 Å². The molecule has 0 radical (unpaired) electrons. The number of hydrogen-bond acceptors (Lipinski definition) is 4. The summed E-state index contributed by atoms with van der Waals surface area (Å²) in [5.41, 5.74) is 2.91. The van der Waals surface area contributed by atoms with Crippen molar-refractivity contribution < 1.29 is 23.4 Å². The highest BCUT2D eigenvalue weighted by molar-refractivity contribution is 6.15. The normalized spacial score (nSPS) is 13.9. The van der Waals surface area contributed by atoms with Gasteiger partial charge in [-0.3, -0.25) is 4.79 Å². The fraction of sp³-hybridized carbons (Fsp3) is 0.125. The third kappa shape index (κ3) is 3.85. The summed E-state index contributed by atoms with van der Waals surface area (Å²) in [4.78, 5) is 12.7. The van der Waals surface area contributed by atoms with Crippen LogP contribution in [0.1, 0.15) is 27.0 Å². The summed E-state index contributed by atoms with van der Waals surface area (Å²) in [6, 6.07) is 17.0. The van der Waals surface area contributed by atoms with Crippen molar-refractivity contribution in [3.8, 4) is 17.2 Å². The second-order valence-electron chi connectivity index (χ2n) is 6.70. The van der Waals surface area contributed by atoms with Gasteiger partial charge in [-0.1, -0.05) is 24.3 Å². The van der Waals surface area contributed by atoms with E-state index in [-0.39, 0.29) is 17.4 Å². The largest absolute Gasteiger partial charge is 0.497 e. The highest BCUT2D eigenvalue weighted by Gasteiger charge is 2.30. The second-order valence-corrected chi connectivity index (χ2v) is 6.70. The Morgan fingerprint density at radius 3 is 2.62 bits per heavy atom. The van der Waals surface area contributed by atoms with Gasteiger partial charge in [0, 0.05) is 5.56 Å². The first-order valence-electron chi connectivity index (χ1n) is 9.14. The Morgan fingerprint density at radius 1 is 1.07 bits per heavy atom. The average Bonchev–Trinajstić information content (AvgIpc) is 3.05. The lowest BCUT2D eigenvalue weighted by molar-refractivity contribution is 0.101. The Kier molecular flexibility index (Phi) is 5.04. The van der Waals surface area contributed by atoms with Gasteiger partial charge in [0.25, 0.3) is 0 Å². The lowest BCUT2D eigenvalue weighted by Gasteiger charge is -2.11. The predicted octanol–water partition coefficient (Wildman–Crippen LogP) is 5.34. The van der Waals surface area contributed by atoms with Crippen molar-refractivity contribution in [2.24, 2.45) is 0 Å². The highest BCUT2D eigenvalue weighted by atomic mass is 19.1. The number of benzene rings is 3. The van der Waals surface area contributed by atoms with Crippen LogP contribution in [0.4, 0.5) is 4.39 Å². The Morgan fingerprint density at radius 2 is 1.86 bits per heavy atom. The first-order valence-corrected chi connectivity index (χ1v) is 9.14. The molecule has 1 aliphatic heterocycles. The van der Waals surface area contributed by atoms with Crippen molar-refractivity contribution in [3.63, 3.8) is 0 Å². The van der Waals surface area contributed by atoms with E-state index in [9.17, 15) is 9.18 Å². The zero-order valence-electron chi connectivity index (χ0n) is 16.1. The number of rotatable bonds is 5. The number of ketones is 1. The first-order chi connectivity index (χ1) is 14.0. The average molecular weight is 390 g/mol. The van der Waals surface area contributed by atoms with E-state index in [1.54, 1.807) is 37.5 Å². The van der Waals surface area contributed by atoms with Gasteiger partial charge in [-0.2, -0.15) is 0 Å². The van der Waals surface area contributed by atoms with Crippen LogP contribution in [0.15, 0.2) is 66.4 Å². The minimum atomic E-state index is -0.287. The van der Waals surface area contributed by atoms with Crippen molar-refractivity contribution in [3.05, 3.63) is 94.5 Å². The Balaban J connectivity index is 1.56. The maximum atomic E-state index is 13.0. The molecule has 3 aromatic rings. The molecule has 4 rings (SSSR count). The van der Waals surface area contributed by atoms with Gasteiger partial charge in [0.1, 0.15) is 29.7 Å². The van der Waals surface area contributed by atoms with Crippen molar-refractivity contribution in [1.29, 1.82) is 0 Å². The van der Waals surface area contributed by atoms with Gasteiger partial charge < -0.3 is 14.2 Å². The zero-order chi connectivity index (χ0) is 20.4. The Hall–Kier alpha value is -3.60. The molecule has 0 atom stereocenters. The molecule has 0 unspecified atom stereocenters. The van der Waals surface area contributed by atoms with Crippen LogP contribution in [-0.4, -0.2) is 12.9 Å². The van der Waals surface area contributed by atoms with Gasteiger partial charge in [-0.05, 0) is 60.5 Å². The minimum absolute atomic E-state index is 0.170. The highest BCUT2D eigenvalue weighted by Crippen LogP contribution is 2.39. The molecule has 0 N–H and O–H groups in total. The van der Waals surface area contributed by atoms with Crippen LogP contribution in [-0.2, 0) is 6.61 Å². The SMILES string of the molecule is COc1cccc(/C=C2\Oc3c(ccc(OCc4ccc(F)cc4)c3C)C2=O)c1. The molecular formula is C24H19FO4. The Bertz CT molecular complexity index is 1100. The molecule has 3 aromatic carbocycles. The smallest absolute Gasteiger partial charge is 0.231 e. The number of fused-ring (bicyclic) bond motifs is 1. The van der Waals surface area contributed by atoms with Gasteiger partial charge in [0.2, 0.25) is 5.78 Å². The van der Waals surface area contributed by atoms with Gasteiger partial charge >= 0.3 is 0 Å². The molecule has 1 aliphatic rings. The van der Waals surface area contributed by atoms with E-state index >= 15 is 0 Å². The number of hydrogen-bond donors (Lipinski definition) is 0. The molecule has 29 heavy (non-hydrogen) atoms. The van der Waals surface area contributed by atoms with Crippen LogP contribution in [0.2, 0.25) is 0 Å². The molecule has 0 saturated heterocycles. The molecule has 0 saturated carbocycles. The van der Waals surface area contributed by atoms with E-state index in [0.717, 1.165) is 16.7 Å². The summed E-state index contributed by atoms with van der Waals surface area (Å²) in [6.45, 7) is 2.14. The zero-order valence-corrected chi connectivity index (χ0v) is 16.1. The maximum Gasteiger partial charge on any atom is 0.231 e. The topological polar surface area (TPSA) is 44.8 Å². The summed E-state index contributed by atoms with van der Waals surface area (Å²) >= 11 is 0. The van der Waals surface area contributed by atoms with Crippen LogP contribution in [0.5, 0.6) is 17.2 Å². The molecule has 0 aromatic heterocycles. The lowest BCUT2D eigenvalue weighted by Crippen LogP contribution is -1.98. The number of carbonyl (C=O) groups excluding carboxylic acids is 1. The molecule has 5 heteroatoms. The molecule has 0 aliphatic carbocycles. The number of allylic oxidation sites excluding steroid dienone is 1. The second kappa shape index (κ2) is 7.80. The quantitative estimate of drug-likeness (QED) is 0.552. The molecule has 0 fully saturated rings. The van der Waals surface area contributed by atoms with E-state index in [1.165, 1.54) is 12.1 Å².